The van der Waals surface area contributed by atoms with E-state index in [1.54, 1.807) is 6.07 Å². The van der Waals surface area contributed by atoms with E-state index in [2.05, 4.69) is 20.6 Å². The second-order valence-electron chi connectivity index (χ2n) is 4.52. The van der Waals surface area contributed by atoms with E-state index in [-0.39, 0.29) is 11.8 Å². The summed E-state index contributed by atoms with van der Waals surface area (Å²) in [5, 5.41) is 6.09. The lowest BCUT2D eigenvalue weighted by atomic mass is 10.0. The van der Waals surface area contributed by atoms with Gasteiger partial charge in [-0.2, -0.15) is 4.98 Å². The predicted molar refractivity (Wildman–Crippen MR) is 72.4 cm³/mol. The Morgan fingerprint density at radius 2 is 2.11 bits per heavy atom. The van der Waals surface area contributed by atoms with Gasteiger partial charge in [-0.05, 0) is 19.8 Å². The number of hydrogen-bond acceptors (Lipinski definition) is 5. The molecule has 0 saturated heterocycles. The number of amides is 1. The third kappa shape index (κ3) is 3.87. The first kappa shape index (κ1) is 14.2. The zero-order valence-electron chi connectivity index (χ0n) is 11.3. The minimum absolute atomic E-state index is 0.0976. The first-order valence-corrected chi connectivity index (χ1v) is 6.09. The Bertz CT molecular complexity index is 419. The Morgan fingerprint density at radius 1 is 1.44 bits per heavy atom. The molecule has 0 radical (unpaired) electrons. The van der Waals surface area contributed by atoms with E-state index in [1.165, 1.54) is 0 Å². The lowest BCUT2D eigenvalue weighted by Crippen LogP contribution is -2.39. The Hall–Kier alpha value is -1.85. The quantitative estimate of drug-likeness (QED) is 0.705. The molecule has 1 aromatic rings. The van der Waals surface area contributed by atoms with Crippen molar-refractivity contribution in [2.75, 3.05) is 17.2 Å². The van der Waals surface area contributed by atoms with Crippen LogP contribution in [0.3, 0.4) is 0 Å². The molecule has 0 bridgehead atoms. The molecule has 0 fully saturated rings. The van der Waals surface area contributed by atoms with Crippen LogP contribution in [-0.2, 0) is 4.79 Å². The van der Waals surface area contributed by atoms with Crippen LogP contribution in [0.1, 0.15) is 26.5 Å². The van der Waals surface area contributed by atoms with Crippen molar-refractivity contribution in [1.29, 1.82) is 0 Å². The van der Waals surface area contributed by atoms with E-state index >= 15 is 0 Å². The van der Waals surface area contributed by atoms with E-state index < -0.39 is 6.04 Å². The summed E-state index contributed by atoms with van der Waals surface area (Å²) in [6, 6.07) is 1.35. The monoisotopic (exact) mass is 251 g/mol. The van der Waals surface area contributed by atoms with E-state index in [1.807, 2.05) is 27.7 Å². The van der Waals surface area contributed by atoms with Crippen molar-refractivity contribution in [2.24, 2.45) is 11.7 Å². The van der Waals surface area contributed by atoms with Gasteiger partial charge in [-0.15, -0.1) is 0 Å². The van der Waals surface area contributed by atoms with Crippen molar-refractivity contribution >= 4 is 17.7 Å². The van der Waals surface area contributed by atoms with Gasteiger partial charge in [0.2, 0.25) is 11.9 Å². The topological polar surface area (TPSA) is 92.9 Å². The van der Waals surface area contributed by atoms with E-state index in [4.69, 9.17) is 5.73 Å². The van der Waals surface area contributed by atoms with Crippen LogP contribution in [0.4, 0.5) is 11.8 Å². The molecule has 100 valence electrons. The van der Waals surface area contributed by atoms with E-state index in [0.717, 1.165) is 12.2 Å². The number of primary amides is 1. The maximum absolute atomic E-state index is 11.3. The molecule has 1 amide bonds. The summed E-state index contributed by atoms with van der Waals surface area (Å²) < 4.78 is 0. The highest BCUT2D eigenvalue weighted by atomic mass is 16.1. The van der Waals surface area contributed by atoms with Gasteiger partial charge in [0, 0.05) is 18.3 Å². The Morgan fingerprint density at radius 3 is 2.61 bits per heavy atom. The fraction of sp³-hybridized carbons (Fsp3) is 0.583. The summed E-state index contributed by atoms with van der Waals surface area (Å²) in [5.41, 5.74) is 6.19. The maximum Gasteiger partial charge on any atom is 0.240 e. The van der Waals surface area contributed by atoms with Gasteiger partial charge in [-0.3, -0.25) is 4.79 Å². The van der Waals surface area contributed by atoms with Gasteiger partial charge < -0.3 is 16.4 Å². The molecule has 1 aromatic heterocycles. The third-order valence-electron chi connectivity index (χ3n) is 2.47. The SMILES string of the molecule is CCNc1nc(C)cc(NC(C(N)=O)C(C)C)n1. The Kier molecular flexibility index (Phi) is 4.88. The number of hydrogen-bond donors (Lipinski definition) is 3. The van der Waals surface area contributed by atoms with Crippen LogP contribution in [0, 0.1) is 12.8 Å². The molecular formula is C12H21N5O. The molecule has 1 atom stereocenters. The standard InChI is InChI=1S/C12H21N5O/c1-5-14-12-15-8(4)6-9(17-12)16-10(7(2)3)11(13)18/h6-7,10H,5H2,1-4H3,(H2,13,18)(H2,14,15,16,17). The molecule has 4 N–H and O–H groups in total. The summed E-state index contributed by atoms with van der Waals surface area (Å²) in [6.45, 7) is 8.46. The summed E-state index contributed by atoms with van der Waals surface area (Å²) >= 11 is 0. The van der Waals surface area contributed by atoms with Crippen molar-refractivity contribution < 1.29 is 4.79 Å². The molecule has 0 aliphatic carbocycles. The second kappa shape index (κ2) is 6.18. The third-order valence-corrected chi connectivity index (χ3v) is 2.47. The normalized spacial score (nSPS) is 12.3. The largest absolute Gasteiger partial charge is 0.368 e. The molecule has 1 unspecified atom stereocenters. The van der Waals surface area contributed by atoms with Crippen molar-refractivity contribution in [2.45, 2.75) is 33.7 Å². The van der Waals surface area contributed by atoms with E-state index in [0.29, 0.717) is 11.8 Å². The molecule has 6 heteroatoms. The first-order valence-electron chi connectivity index (χ1n) is 6.09. The van der Waals surface area contributed by atoms with Gasteiger partial charge in [-0.1, -0.05) is 13.8 Å². The number of anilines is 2. The molecular weight excluding hydrogens is 230 g/mol. The molecule has 0 aromatic carbocycles. The average molecular weight is 251 g/mol. The summed E-state index contributed by atoms with van der Waals surface area (Å²) in [6.07, 6.45) is 0. The predicted octanol–water partition coefficient (Wildman–Crippen LogP) is 1.14. The van der Waals surface area contributed by atoms with E-state index in [9.17, 15) is 4.79 Å². The van der Waals surface area contributed by atoms with Crippen LogP contribution in [0.25, 0.3) is 0 Å². The molecule has 0 saturated carbocycles. The van der Waals surface area contributed by atoms with Gasteiger partial charge in [0.15, 0.2) is 0 Å². The zero-order chi connectivity index (χ0) is 13.7. The zero-order valence-corrected chi connectivity index (χ0v) is 11.3. The lowest BCUT2D eigenvalue weighted by Gasteiger charge is -2.20. The number of nitrogens with zero attached hydrogens (tertiary/aromatic N) is 2. The Labute approximate surface area is 107 Å². The van der Waals surface area contributed by atoms with Crippen molar-refractivity contribution in [3.8, 4) is 0 Å². The summed E-state index contributed by atoms with van der Waals surface area (Å²) in [4.78, 5) is 19.9. The number of aromatic nitrogens is 2. The molecule has 1 heterocycles. The van der Waals surface area contributed by atoms with Crippen LogP contribution in [0.2, 0.25) is 0 Å². The highest BCUT2D eigenvalue weighted by molar-refractivity contribution is 5.83. The number of carbonyl (C=O) groups excluding carboxylic acids is 1. The first-order chi connectivity index (χ1) is 8.43. The van der Waals surface area contributed by atoms with Crippen molar-refractivity contribution in [3.05, 3.63) is 11.8 Å². The lowest BCUT2D eigenvalue weighted by molar-refractivity contribution is -0.119. The molecule has 18 heavy (non-hydrogen) atoms. The number of nitrogens with one attached hydrogen (secondary N) is 2. The van der Waals surface area contributed by atoms with Crippen molar-refractivity contribution in [1.82, 2.24) is 9.97 Å². The summed E-state index contributed by atoms with van der Waals surface area (Å²) in [5.74, 6) is 0.870. The van der Waals surface area contributed by atoms with Gasteiger partial charge in [-0.25, -0.2) is 4.98 Å². The molecule has 6 nitrogen and oxygen atoms in total. The van der Waals surface area contributed by atoms with Crippen molar-refractivity contribution in [3.63, 3.8) is 0 Å². The molecule has 0 aliphatic rings. The second-order valence-corrected chi connectivity index (χ2v) is 4.52. The number of aryl methyl sites for hydroxylation is 1. The highest BCUT2D eigenvalue weighted by Crippen LogP contribution is 2.13. The number of rotatable bonds is 6. The van der Waals surface area contributed by atoms with Crippen LogP contribution in [0.15, 0.2) is 6.07 Å². The molecule has 0 spiro atoms. The molecule has 1 rings (SSSR count). The fourth-order valence-corrected chi connectivity index (χ4v) is 1.61. The minimum atomic E-state index is -0.436. The number of nitrogens with two attached hydrogens (primary N) is 1. The van der Waals surface area contributed by atoms with Crippen LogP contribution >= 0.6 is 0 Å². The van der Waals surface area contributed by atoms with Gasteiger partial charge >= 0.3 is 0 Å². The number of carbonyl (C=O) groups is 1. The van der Waals surface area contributed by atoms with Crippen LogP contribution in [-0.4, -0.2) is 28.5 Å². The average Bonchev–Trinajstić information content (AvgIpc) is 2.24. The smallest absolute Gasteiger partial charge is 0.240 e. The highest BCUT2D eigenvalue weighted by Gasteiger charge is 2.19. The minimum Gasteiger partial charge on any atom is -0.368 e. The van der Waals surface area contributed by atoms with Gasteiger partial charge in [0.05, 0.1) is 0 Å². The molecule has 0 aliphatic heterocycles. The summed E-state index contributed by atoms with van der Waals surface area (Å²) in [7, 11) is 0. The van der Waals surface area contributed by atoms with Gasteiger partial charge in [0.25, 0.3) is 0 Å². The Balaban J connectivity index is 2.91. The fourth-order valence-electron chi connectivity index (χ4n) is 1.61. The van der Waals surface area contributed by atoms with Gasteiger partial charge in [0.1, 0.15) is 11.9 Å². The van der Waals surface area contributed by atoms with Crippen LogP contribution < -0.4 is 16.4 Å². The van der Waals surface area contributed by atoms with Crippen LogP contribution in [0.5, 0.6) is 0 Å². The maximum atomic E-state index is 11.3.